The fraction of sp³-hybridized carbons (Fsp3) is 0.310. The molecule has 0 N–H and O–H groups in total. The summed E-state index contributed by atoms with van der Waals surface area (Å²) in [4.78, 5) is 30.8. The van der Waals surface area contributed by atoms with Gasteiger partial charge in [-0.3, -0.25) is 9.59 Å². The Morgan fingerprint density at radius 1 is 0.818 bits per heavy atom. The molecule has 1 atom stereocenters. The maximum atomic E-state index is 13.8. The van der Waals surface area contributed by atoms with Crippen molar-refractivity contribution in [3.05, 3.63) is 107 Å². The molecule has 3 aromatic carbocycles. The zero-order chi connectivity index (χ0) is 22.6. The number of hydrogen-bond donors (Lipinski definition) is 0. The standard InChI is InChI=1S/C29H30N2O2/c32-28-26-14-8-7-13-25(26)21-31(28)27(20-23-11-5-2-6-12-23)29(33)30-17-15-24(16-18-30)19-22-9-3-1-4-10-22/h1-14,24,27H,15-21H2. The van der Waals surface area contributed by atoms with Crippen LogP contribution in [0.15, 0.2) is 84.9 Å². The van der Waals surface area contributed by atoms with E-state index in [2.05, 4.69) is 30.3 Å². The maximum Gasteiger partial charge on any atom is 0.255 e. The molecule has 0 spiro atoms. The van der Waals surface area contributed by atoms with Gasteiger partial charge in [-0.15, -0.1) is 0 Å². The monoisotopic (exact) mass is 438 g/mol. The third kappa shape index (κ3) is 4.70. The molecule has 0 radical (unpaired) electrons. The van der Waals surface area contributed by atoms with Gasteiger partial charge in [-0.1, -0.05) is 78.9 Å². The summed E-state index contributed by atoms with van der Waals surface area (Å²) in [6.45, 7) is 2.02. The highest BCUT2D eigenvalue weighted by molar-refractivity contribution is 6.01. The average Bonchev–Trinajstić information content (AvgIpc) is 3.20. The highest BCUT2D eigenvalue weighted by Gasteiger charge is 2.38. The lowest BCUT2D eigenvalue weighted by molar-refractivity contribution is -0.137. The van der Waals surface area contributed by atoms with E-state index in [1.54, 1.807) is 4.90 Å². The van der Waals surface area contributed by atoms with Gasteiger partial charge < -0.3 is 9.80 Å². The molecule has 2 aliphatic heterocycles. The van der Waals surface area contributed by atoms with Gasteiger partial charge in [0.15, 0.2) is 0 Å². The topological polar surface area (TPSA) is 40.6 Å². The van der Waals surface area contributed by atoms with E-state index >= 15 is 0 Å². The minimum Gasteiger partial charge on any atom is -0.341 e. The second kappa shape index (κ2) is 9.62. The molecule has 4 nitrogen and oxygen atoms in total. The number of amides is 2. The Labute approximate surface area is 195 Å². The van der Waals surface area contributed by atoms with Crippen LogP contribution < -0.4 is 0 Å². The molecule has 0 aromatic heterocycles. The van der Waals surface area contributed by atoms with Gasteiger partial charge in [-0.25, -0.2) is 0 Å². The first-order valence-corrected chi connectivity index (χ1v) is 11.9. The van der Waals surface area contributed by atoms with Crippen LogP contribution in [0.2, 0.25) is 0 Å². The Hall–Kier alpha value is -3.40. The zero-order valence-electron chi connectivity index (χ0n) is 18.9. The second-order valence-electron chi connectivity index (χ2n) is 9.25. The number of carbonyl (C=O) groups excluding carboxylic acids is 2. The van der Waals surface area contributed by atoms with E-state index in [0.29, 0.717) is 18.9 Å². The molecule has 1 fully saturated rings. The van der Waals surface area contributed by atoms with Gasteiger partial charge in [0.05, 0.1) is 0 Å². The lowest BCUT2D eigenvalue weighted by Crippen LogP contribution is -2.52. The van der Waals surface area contributed by atoms with Crippen LogP contribution in [0.4, 0.5) is 0 Å². The third-order valence-electron chi connectivity index (χ3n) is 7.08. The van der Waals surface area contributed by atoms with Crippen LogP contribution in [0.3, 0.4) is 0 Å². The Kier molecular flexibility index (Phi) is 6.25. The summed E-state index contributed by atoms with van der Waals surface area (Å²) in [5.41, 5.74) is 4.18. The molecule has 1 saturated heterocycles. The van der Waals surface area contributed by atoms with Crippen molar-refractivity contribution in [3.63, 3.8) is 0 Å². The average molecular weight is 439 g/mol. The normalized spacial score (nSPS) is 17.2. The van der Waals surface area contributed by atoms with E-state index in [1.807, 2.05) is 59.5 Å². The number of benzene rings is 3. The van der Waals surface area contributed by atoms with Crippen LogP contribution >= 0.6 is 0 Å². The van der Waals surface area contributed by atoms with Crippen LogP contribution in [-0.4, -0.2) is 40.7 Å². The SMILES string of the molecule is O=C(C(Cc1ccccc1)N1Cc2ccccc2C1=O)N1CCC(Cc2ccccc2)CC1. The van der Waals surface area contributed by atoms with Crippen LogP contribution in [0.5, 0.6) is 0 Å². The third-order valence-corrected chi connectivity index (χ3v) is 7.08. The highest BCUT2D eigenvalue weighted by Crippen LogP contribution is 2.28. The van der Waals surface area contributed by atoms with E-state index in [1.165, 1.54) is 5.56 Å². The first-order chi connectivity index (χ1) is 16.2. The maximum absolute atomic E-state index is 13.8. The van der Waals surface area contributed by atoms with Gasteiger partial charge in [0.25, 0.3) is 5.91 Å². The van der Waals surface area contributed by atoms with E-state index in [0.717, 1.165) is 49.0 Å². The molecule has 33 heavy (non-hydrogen) atoms. The van der Waals surface area contributed by atoms with E-state index in [4.69, 9.17) is 0 Å². The van der Waals surface area contributed by atoms with Gasteiger partial charge in [0, 0.05) is 31.6 Å². The summed E-state index contributed by atoms with van der Waals surface area (Å²) in [5.74, 6) is 0.652. The van der Waals surface area contributed by atoms with Gasteiger partial charge in [0.1, 0.15) is 6.04 Å². The van der Waals surface area contributed by atoms with Crippen molar-refractivity contribution >= 4 is 11.8 Å². The van der Waals surface area contributed by atoms with E-state index in [-0.39, 0.29) is 11.8 Å². The highest BCUT2D eigenvalue weighted by atomic mass is 16.2. The molecular weight excluding hydrogens is 408 g/mol. The first kappa shape index (κ1) is 21.4. The number of nitrogens with zero attached hydrogens (tertiary/aromatic N) is 2. The van der Waals surface area contributed by atoms with Gasteiger partial charge >= 0.3 is 0 Å². The molecule has 0 saturated carbocycles. The van der Waals surface area contributed by atoms with Crippen molar-refractivity contribution in [2.75, 3.05) is 13.1 Å². The predicted octanol–water partition coefficient (Wildman–Crippen LogP) is 4.74. The van der Waals surface area contributed by atoms with Gasteiger partial charge in [-0.2, -0.15) is 0 Å². The molecule has 2 aliphatic rings. The number of likely N-dealkylation sites (tertiary alicyclic amines) is 1. The number of piperidine rings is 1. The Bertz CT molecular complexity index is 1100. The molecule has 1 unspecified atom stereocenters. The van der Waals surface area contributed by atoms with Crippen LogP contribution in [0.25, 0.3) is 0 Å². The summed E-state index contributed by atoms with van der Waals surface area (Å²) in [6.07, 6.45) is 3.62. The summed E-state index contributed by atoms with van der Waals surface area (Å²) in [7, 11) is 0. The quantitative estimate of drug-likeness (QED) is 0.558. The Morgan fingerprint density at radius 3 is 2.09 bits per heavy atom. The van der Waals surface area contributed by atoms with E-state index < -0.39 is 6.04 Å². The first-order valence-electron chi connectivity index (χ1n) is 11.9. The molecule has 0 aliphatic carbocycles. The van der Waals surface area contributed by atoms with Crippen molar-refractivity contribution < 1.29 is 9.59 Å². The van der Waals surface area contributed by atoms with Crippen LogP contribution in [0.1, 0.15) is 39.9 Å². The predicted molar refractivity (Wildman–Crippen MR) is 130 cm³/mol. The van der Waals surface area contributed by atoms with Crippen LogP contribution in [0, 0.1) is 5.92 Å². The number of rotatable bonds is 6. The lowest BCUT2D eigenvalue weighted by atomic mass is 9.89. The molecule has 168 valence electrons. The van der Waals surface area contributed by atoms with E-state index in [9.17, 15) is 9.59 Å². The summed E-state index contributed by atoms with van der Waals surface area (Å²) in [5, 5.41) is 0. The fourth-order valence-corrected chi connectivity index (χ4v) is 5.21. The van der Waals surface area contributed by atoms with Crippen molar-refractivity contribution in [1.82, 2.24) is 9.80 Å². The number of carbonyl (C=O) groups is 2. The summed E-state index contributed by atoms with van der Waals surface area (Å²) in [6, 6.07) is 27.9. The minimum atomic E-state index is -0.474. The molecule has 3 aromatic rings. The minimum absolute atomic E-state index is 0.0288. The lowest BCUT2D eigenvalue weighted by Gasteiger charge is -2.37. The fourth-order valence-electron chi connectivity index (χ4n) is 5.21. The molecular formula is C29H30N2O2. The molecule has 0 bridgehead atoms. The molecule has 2 heterocycles. The molecule has 2 amide bonds. The smallest absolute Gasteiger partial charge is 0.255 e. The van der Waals surface area contributed by atoms with Crippen molar-refractivity contribution in [2.45, 2.75) is 38.3 Å². The molecule has 5 rings (SSSR count). The Morgan fingerprint density at radius 2 is 1.42 bits per heavy atom. The largest absolute Gasteiger partial charge is 0.341 e. The second-order valence-corrected chi connectivity index (χ2v) is 9.25. The summed E-state index contributed by atoms with van der Waals surface area (Å²) < 4.78 is 0. The van der Waals surface area contributed by atoms with Gasteiger partial charge in [0.2, 0.25) is 5.91 Å². The number of fused-ring (bicyclic) bond motifs is 1. The van der Waals surface area contributed by atoms with Crippen LogP contribution in [-0.2, 0) is 24.2 Å². The van der Waals surface area contributed by atoms with Gasteiger partial charge in [-0.05, 0) is 47.9 Å². The van der Waals surface area contributed by atoms with Crippen molar-refractivity contribution in [3.8, 4) is 0 Å². The number of hydrogen-bond acceptors (Lipinski definition) is 2. The van der Waals surface area contributed by atoms with Crippen molar-refractivity contribution in [1.29, 1.82) is 0 Å². The molecule has 4 heteroatoms. The summed E-state index contributed by atoms with van der Waals surface area (Å²) >= 11 is 0. The van der Waals surface area contributed by atoms with Crippen molar-refractivity contribution in [2.24, 2.45) is 5.92 Å². The Balaban J connectivity index is 1.30. The zero-order valence-corrected chi connectivity index (χ0v) is 18.9.